The van der Waals surface area contributed by atoms with Gasteiger partial charge in [0.25, 0.3) is 0 Å². The Morgan fingerprint density at radius 1 is 1.33 bits per heavy atom. The van der Waals surface area contributed by atoms with E-state index in [0.717, 1.165) is 10.0 Å². The molecule has 1 aliphatic carbocycles. The molecule has 116 valence electrons. The number of esters is 1. The zero-order valence-electron chi connectivity index (χ0n) is 11.9. The van der Waals surface area contributed by atoms with E-state index in [9.17, 15) is 13.2 Å². The van der Waals surface area contributed by atoms with Crippen LogP contribution in [0.15, 0.2) is 28.7 Å². The number of nitrogens with two attached hydrogens (primary N) is 1. The van der Waals surface area contributed by atoms with Crippen LogP contribution < -0.4 is 5.73 Å². The molecule has 5 nitrogen and oxygen atoms in total. The second-order valence-electron chi connectivity index (χ2n) is 5.05. The number of halogens is 1. The van der Waals surface area contributed by atoms with Gasteiger partial charge in [-0.3, -0.25) is 0 Å². The molecule has 0 unspecified atom stereocenters. The third kappa shape index (κ3) is 2.74. The minimum absolute atomic E-state index is 0.0525. The van der Waals surface area contributed by atoms with Crippen LogP contribution in [0, 0.1) is 0 Å². The van der Waals surface area contributed by atoms with Gasteiger partial charge in [0, 0.05) is 16.1 Å². The van der Waals surface area contributed by atoms with E-state index < -0.39 is 32.5 Å². The first-order valence-electron chi connectivity index (χ1n) is 6.72. The fourth-order valence-electron chi connectivity index (χ4n) is 2.68. The van der Waals surface area contributed by atoms with Crippen molar-refractivity contribution >= 4 is 31.7 Å². The Morgan fingerprint density at radius 3 is 2.38 bits per heavy atom. The molecule has 2 rings (SSSR count). The first-order valence-corrected chi connectivity index (χ1v) is 9.23. The summed E-state index contributed by atoms with van der Waals surface area (Å²) in [4.78, 5) is 12.1. The Labute approximate surface area is 132 Å². The Morgan fingerprint density at radius 2 is 1.90 bits per heavy atom. The molecule has 3 atom stereocenters. The molecule has 1 fully saturated rings. The molecule has 0 aromatic heterocycles. The normalized spacial score (nSPS) is 28.2. The monoisotopic (exact) mass is 375 g/mol. The average Bonchev–Trinajstić information content (AvgIpc) is 3.09. The summed E-state index contributed by atoms with van der Waals surface area (Å²) in [5.41, 5.74) is 5.38. The van der Waals surface area contributed by atoms with Gasteiger partial charge >= 0.3 is 5.97 Å². The molecule has 0 bridgehead atoms. The summed E-state index contributed by atoms with van der Waals surface area (Å²) in [5, 5.41) is -0.921. The van der Waals surface area contributed by atoms with Gasteiger partial charge in [-0.2, -0.15) is 0 Å². The van der Waals surface area contributed by atoms with Gasteiger partial charge in [-0.25, -0.2) is 13.2 Å². The molecule has 1 aliphatic rings. The van der Waals surface area contributed by atoms with Crippen molar-refractivity contribution in [1.29, 1.82) is 0 Å². The number of benzene rings is 1. The zero-order valence-corrected chi connectivity index (χ0v) is 14.3. The second-order valence-corrected chi connectivity index (χ2v) is 8.38. The molecule has 7 heteroatoms. The lowest BCUT2D eigenvalue weighted by Crippen LogP contribution is -2.41. The van der Waals surface area contributed by atoms with Gasteiger partial charge < -0.3 is 10.5 Å². The maximum Gasteiger partial charge on any atom is 0.328 e. The van der Waals surface area contributed by atoms with Crippen LogP contribution in [0.25, 0.3) is 0 Å². The SMILES string of the molecule is CCOC(=O)[C@@]1(N)[C@H](c2ccc(Br)cc2)[C@@H]1S(=O)(=O)CC. The average molecular weight is 376 g/mol. The Balaban J connectivity index is 2.42. The van der Waals surface area contributed by atoms with E-state index in [2.05, 4.69) is 15.9 Å². The molecule has 1 aromatic rings. The third-order valence-corrected chi connectivity index (χ3v) is 6.60. The van der Waals surface area contributed by atoms with Crippen LogP contribution >= 0.6 is 15.9 Å². The Hall–Kier alpha value is -0.920. The van der Waals surface area contributed by atoms with Crippen LogP contribution in [0.4, 0.5) is 0 Å². The van der Waals surface area contributed by atoms with Crippen molar-refractivity contribution in [2.45, 2.75) is 30.6 Å². The minimum atomic E-state index is -3.44. The van der Waals surface area contributed by atoms with Gasteiger partial charge in [-0.05, 0) is 24.6 Å². The van der Waals surface area contributed by atoms with Crippen molar-refractivity contribution < 1.29 is 17.9 Å². The van der Waals surface area contributed by atoms with E-state index in [4.69, 9.17) is 10.5 Å². The molecule has 0 amide bonds. The van der Waals surface area contributed by atoms with Gasteiger partial charge in [0.05, 0.1) is 11.9 Å². The van der Waals surface area contributed by atoms with Gasteiger partial charge in [-0.1, -0.05) is 35.0 Å². The molecular formula is C14H18BrNO4S. The third-order valence-electron chi connectivity index (χ3n) is 3.83. The first-order chi connectivity index (χ1) is 9.79. The Kier molecular flexibility index (Phi) is 4.46. The summed E-state index contributed by atoms with van der Waals surface area (Å²) < 4.78 is 30.3. The maximum atomic E-state index is 12.2. The number of carbonyl (C=O) groups is 1. The number of sulfone groups is 1. The van der Waals surface area contributed by atoms with E-state index in [-0.39, 0.29) is 12.4 Å². The van der Waals surface area contributed by atoms with Crippen molar-refractivity contribution in [2.75, 3.05) is 12.4 Å². The highest BCUT2D eigenvalue weighted by Gasteiger charge is 2.74. The van der Waals surface area contributed by atoms with E-state index in [0.29, 0.717) is 0 Å². The highest BCUT2D eigenvalue weighted by Crippen LogP contribution is 2.55. The van der Waals surface area contributed by atoms with Crippen LogP contribution in [0.3, 0.4) is 0 Å². The predicted molar refractivity (Wildman–Crippen MR) is 83.7 cm³/mol. The second kappa shape index (κ2) is 5.70. The van der Waals surface area contributed by atoms with Gasteiger partial charge in [0.1, 0.15) is 5.54 Å². The van der Waals surface area contributed by atoms with E-state index in [1.807, 2.05) is 0 Å². The van der Waals surface area contributed by atoms with E-state index in [1.54, 1.807) is 38.1 Å². The lowest BCUT2D eigenvalue weighted by atomic mass is 10.1. The minimum Gasteiger partial charge on any atom is -0.465 e. The highest BCUT2D eigenvalue weighted by atomic mass is 79.9. The van der Waals surface area contributed by atoms with E-state index in [1.165, 1.54) is 0 Å². The number of rotatable bonds is 5. The maximum absolute atomic E-state index is 12.2. The lowest BCUT2D eigenvalue weighted by molar-refractivity contribution is -0.145. The molecule has 0 radical (unpaired) electrons. The van der Waals surface area contributed by atoms with Crippen LogP contribution in [0.5, 0.6) is 0 Å². The molecule has 0 aliphatic heterocycles. The molecule has 1 saturated carbocycles. The van der Waals surface area contributed by atoms with Crippen molar-refractivity contribution in [3.05, 3.63) is 34.3 Å². The van der Waals surface area contributed by atoms with Crippen molar-refractivity contribution in [1.82, 2.24) is 0 Å². The smallest absolute Gasteiger partial charge is 0.328 e. The molecule has 0 heterocycles. The van der Waals surface area contributed by atoms with Crippen molar-refractivity contribution in [3.63, 3.8) is 0 Å². The number of carbonyl (C=O) groups excluding carboxylic acids is 1. The number of hydrogen-bond acceptors (Lipinski definition) is 5. The Bertz CT molecular complexity index is 643. The quantitative estimate of drug-likeness (QED) is 0.789. The van der Waals surface area contributed by atoms with E-state index >= 15 is 0 Å². The van der Waals surface area contributed by atoms with Crippen LogP contribution in [-0.4, -0.2) is 37.5 Å². The van der Waals surface area contributed by atoms with Crippen LogP contribution in [0.2, 0.25) is 0 Å². The fraction of sp³-hybridized carbons (Fsp3) is 0.500. The van der Waals surface area contributed by atoms with Crippen molar-refractivity contribution in [3.8, 4) is 0 Å². The summed E-state index contributed by atoms with van der Waals surface area (Å²) in [7, 11) is -3.44. The standard InChI is InChI=1S/C14H18BrNO4S/c1-3-20-13(17)14(16)11(12(14)21(18,19)4-2)9-5-7-10(15)8-6-9/h5-8,11-12H,3-4,16H2,1-2H3/t11-,12+,14-/m1/s1. The fourth-order valence-corrected chi connectivity index (χ4v) is 4.86. The largest absolute Gasteiger partial charge is 0.465 e. The predicted octanol–water partition coefficient (Wildman–Crippen LogP) is 1.61. The summed E-state index contributed by atoms with van der Waals surface area (Å²) in [6.07, 6.45) is 0. The topological polar surface area (TPSA) is 86.5 Å². The molecule has 0 saturated heterocycles. The molecule has 21 heavy (non-hydrogen) atoms. The molecule has 1 aromatic carbocycles. The number of hydrogen-bond donors (Lipinski definition) is 1. The summed E-state index contributed by atoms with van der Waals surface area (Å²) in [6.45, 7) is 3.39. The molecule has 2 N–H and O–H groups in total. The van der Waals surface area contributed by atoms with Gasteiger partial charge in [0.2, 0.25) is 0 Å². The zero-order chi connectivity index (χ0) is 15.8. The first kappa shape index (κ1) is 16.5. The van der Waals surface area contributed by atoms with Crippen molar-refractivity contribution in [2.24, 2.45) is 5.73 Å². The molecular weight excluding hydrogens is 358 g/mol. The van der Waals surface area contributed by atoms with Gasteiger partial charge in [0.15, 0.2) is 9.84 Å². The summed E-state index contributed by atoms with van der Waals surface area (Å²) in [6, 6.07) is 7.16. The van der Waals surface area contributed by atoms with Crippen LogP contribution in [-0.2, 0) is 19.4 Å². The summed E-state index contributed by atoms with van der Waals surface area (Å²) >= 11 is 3.32. The highest BCUT2D eigenvalue weighted by molar-refractivity contribution is 9.10. The number of ether oxygens (including phenoxy) is 1. The lowest BCUT2D eigenvalue weighted by Gasteiger charge is -2.10. The van der Waals surface area contributed by atoms with Gasteiger partial charge in [-0.15, -0.1) is 0 Å². The summed E-state index contributed by atoms with van der Waals surface area (Å²) in [5.74, 6) is -1.27. The molecule has 0 spiro atoms. The van der Waals surface area contributed by atoms with Crippen LogP contribution in [0.1, 0.15) is 25.3 Å².